The predicted octanol–water partition coefficient (Wildman–Crippen LogP) is 1.49. The smallest absolute Gasteiger partial charge is 0.244 e. The zero-order valence-electron chi connectivity index (χ0n) is 13.7. The lowest BCUT2D eigenvalue weighted by Gasteiger charge is -2.31. The predicted molar refractivity (Wildman–Crippen MR) is 89.1 cm³/mol. The monoisotopic (exact) mass is 350 g/mol. The van der Waals surface area contributed by atoms with Crippen molar-refractivity contribution in [3.63, 3.8) is 0 Å². The lowest BCUT2D eigenvalue weighted by atomic mass is 9.99. The van der Waals surface area contributed by atoms with Gasteiger partial charge >= 0.3 is 0 Å². The minimum absolute atomic E-state index is 0.0945. The highest BCUT2D eigenvalue weighted by Gasteiger charge is 2.32. The van der Waals surface area contributed by atoms with Crippen molar-refractivity contribution in [2.45, 2.75) is 30.2 Å². The molecule has 1 saturated heterocycles. The molecule has 0 bridgehead atoms. The molecule has 0 aliphatic carbocycles. The Kier molecular flexibility index (Phi) is 5.27. The molecule has 0 radical (unpaired) electrons. The summed E-state index contributed by atoms with van der Waals surface area (Å²) in [5, 5.41) is 0. The Morgan fingerprint density at radius 1 is 1.38 bits per heavy atom. The summed E-state index contributed by atoms with van der Waals surface area (Å²) >= 11 is 0. The first-order valence-electron chi connectivity index (χ1n) is 8.03. The summed E-state index contributed by atoms with van der Waals surface area (Å²) in [6.07, 6.45) is 8.41. The van der Waals surface area contributed by atoms with Crippen LogP contribution in [0.15, 0.2) is 41.8 Å². The second-order valence-corrected chi connectivity index (χ2v) is 7.80. The molecule has 1 aliphatic rings. The van der Waals surface area contributed by atoms with Crippen molar-refractivity contribution in [2.24, 2.45) is 0 Å². The van der Waals surface area contributed by atoms with Crippen LogP contribution in [0.2, 0.25) is 0 Å². The van der Waals surface area contributed by atoms with Crippen LogP contribution in [-0.2, 0) is 21.3 Å². The summed E-state index contributed by atoms with van der Waals surface area (Å²) in [5.74, 6) is 1.02. The van der Waals surface area contributed by atoms with Gasteiger partial charge in [0.15, 0.2) is 0 Å². The molecule has 0 aromatic carbocycles. The number of piperidine rings is 1. The third kappa shape index (κ3) is 3.50. The molecule has 2 aromatic heterocycles. The van der Waals surface area contributed by atoms with Gasteiger partial charge in [-0.3, -0.25) is 4.98 Å². The van der Waals surface area contributed by atoms with Crippen LogP contribution in [0, 0.1) is 0 Å². The Labute approximate surface area is 142 Å². The fourth-order valence-corrected chi connectivity index (χ4v) is 4.57. The van der Waals surface area contributed by atoms with E-state index in [1.807, 2.05) is 10.8 Å². The number of hydrogen-bond donors (Lipinski definition) is 0. The maximum atomic E-state index is 12.8. The van der Waals surface area contributed by atoms with Crippen LogP contribution in [0.5, 0.6) is 0 Å². The Balaban J connectivity index is 1.79. The van der Waals surface area contributed by atoms with E-state index in [1.54, 1.807) is 35.9 Å². The maximum Gasteiger partial charge on any atom is 0.244 e. The van der Waals surface area contributed by atoms with Gasteiger partial charge in [0.05, 0.1) is 6.61 Å². The highest BCUT2D eigenvalue weighted by molar-refractivity contribution is 7.89. The highest BCUT2D eigenvalue weighted by atomic mass is 32.2. The lowest BCUT2D eigenvalue weighted by molar-refractivity contribution is 0.184. The van der Waals surface area contributed by atoms with Crippen LogP contribution in [0.1, 0.15) is 24.6 Å². The first-order valence-corrected chi connectivity index (χ1v) is 9.47. The van der Waals surface area contributed by atoms with Crippen LogP contribution < -0.4 is 0 Å². The third-order valence-electron chi connectivity index (χ3n) is 4.31. The molecule has 0 unspecified atom stereocenters. The zero-order chi connectivity index (χ0) is 17.0. The highest BCUT2D eigenvalue weighted by Crippen LogP contribution is 2.29. The van der Waals surface area contributed by atoms with E-state index in [0.717, 1.165) is 25.2 Å². The van der Waals surface area contributed by atoms with Gasteiger partial charge in [0.2, 0.25) is 10.0 Å². The van der Waals surface area contributed by atoms with E-state index in [0.29, 0.717) is 19.7 Å². The van der Waals surface area contributed by atoms with Gasteiger partial charge in [-0.1, -0.05) is 0 Å². The maximum absolute atomic E-state index is 12.8. The van der Waals surface area contributed by atoms with E-state index < -0.39 is 10.0 Å². The first-order chi connectivity index (χ1) is 11.6. The van der Waals surface area contributed by atoms with Crippen LogP contribution in [0.25, 0.3) is 0 Å². The summed E-state index contributed by atoms with van der Waals surface area (Å²) in [5.41, 5.74) is 0. The lowest BCUT2D eigenvalue weighted by Crippen LogP contribution is -2.39. The minimum Gasteiger partial charge on any atom is -0.383 e. The number of nitrogens with zero attached hydrogens (tertiary/aromatic N) is 4. The van der Waals surface area contributed by atoms with Crippen LogP contribution in [0.4, 0.5) is 0 Å². The van der Waals surface area contributed by atoms with Crippen molar-refractivity contribution >= 4 is 10.0 Å². The number of hydrogen-bond acceptors (Lipinski definition) is 5. The molecular formula is C16H22N4O3S. The van der Waals surface area contributed by atoms with Crippen molar-refractivity contribution in [3.05, 3.63) is 42.7 Å². The van der Waals surface area contributed by atoms with Gasteiger partial charge < -0.3 is 9.30 Å². The number of sulfonamides is 1. The van der Waals surface area contributed by atoms with E-state index in [-0.39, 0.29) is 10.8 Å². The van der Waals surface area contributed by atoms with E-state index in [1.165, 1.54) is 6.20 Å². The van der Waals surface area contributed by atoms with Gasteiger partial charge in [0, 0.05) is 57.4 Å². The number of aromatic nitrogens is 3. The topological polar surface area (TPSA) is 77.3 Å². The molecule has 3 heterocycles. The molecule has 1 atom stereocenters. The number of rotatable bonds is 6. The van der Waals surface area contributed by atoms with Crippen LogP contribution >= 0.6 is 0 Å². The Morgan fingerprint density at radius 2 is 2.25 bits per heavy atom. The SMILES string of the molecule is COCCn1ccnc1[C@H]1CCCN(S(=O)(=O)c2cccnc2)C1. The molecule has 7 nitrogen and oxygen atoms in total. The molecule has 8 heteroatoms. The van der Waals surface area contributed by atoms with E-state index in [2.05, 4.69) is 9.97 Å². The summed E-state index contributed by atoms with van der Waals surface area (Å²) in [7, 11) is -1.84. The van der Waals surface area contributed by atoms with Gasteiger partial charge in [0.25, 0.3) is 0 Å². The molecule has 0 spiro atoms. The Bertz CT molecular complexity index is 761. The molecule has 2 aromatic rings. The summed E-state index contributed by atoms with van der Waals surface area (Å²) in [4.78, 5) is 8.63. The van der Waals surface area contributed by atoms with Crippen molar-refractivity contribution in [1.82, 2.24) is 18.8 Å². The molecular weight excluding hydrogens is 328 g/mol. The summed E-state index contributed by atoms with van der Waals surface area (Å²) in [6, 6.07) is 3.23. The number of ether oxygens (including phenoxy) is 1. The van der Waals surface area contributed by atoms with Crippen LogP contribution in [-0.4, -0.2) is 54.1 Å². The second-order valence-electron chi connectivity index (χ2n) is 5.86. The molecule has 3 rings (SSSR count). The van der Waals surface area contributed by atoms with Crippen molar-refractivity contribution < 1.29 is 13.2 Å². The fourth-order valence-electron chi connectivity index (χ4n) is 3.08. The quantitative estimate of drug-likeness (QED) is 0.789. The molecule has 0 saturated carbocycles. The van der Waals surface area contributed by atoms with E-state index >= 15 is 0 Å². The number of imidazole rings is 1. The van der Waals surface area contributed by atoms with E-state index in [9.17, 15) is 8.42 Å². The van der Waals surface area contributed by atoms with Crippen LogP contribution in [0.3, 0.4) is 0 Å². The Hall–Kier alpha value is -1.77. The Morgan fingerprint density at radius 3 is 3.00 bits per heavy atom. The zero-order valence-corrected chi connectivity index (χ0v) is 14.5. The van der Waals surface area contributed by atoms with Gasteiger partial charge in [-0.05, 0) is 25.0 Å². The second kappa shape index (κ2) is 7.42. The number of methoxy groups -OCH3 is 1. The average Bonchev–Trinajstić information content (AvgIpc) is 3.09. The number of pyridine rings is 1. The molecule has 0 amide bonds. The molecule has 130 valence electrons. The minimum atomic E-state index is -3.51. The first kappa shape index (κ1) is 17.1. The third-order valence-corrected chi connectivity index (χ3v) is 6.15. The van der Waals surface area contributed by atoms with Crippen molar-refractivity contribution in [2.75, 3.05) is 26.8 Å². The van der Waals surface area contributed by atoms with Gasteiger partial charge in [-0.25, -0.2) is 13.4 Å². The van der Waals surface area contributed by atoms with Gasteiger partial charge in [0.1, 0.15) is 10.7 Å². The fraction of sp³-hybridized carbons (Fsp3) is 0.500. The largest absolute Gasteiger partial charge is 0.383 e. The molecule has 0 N–H and O–H groups in total. The standard InChI is InChI=1S/C16H22N4O3S/c1-23-11-10-19-9-7-18-16(19)14-4-3-8-20(13-14)24(21,22)15-5-2-6-17-12-15/h2,5-7,9,12,14H,3-4,8,10-11,13H2,1H3/t14-/m0/s1. The molecule has 1 fully saturated rings. The molecule has 24 heavy (non-hydrogen) atoms. The summed E-state index contributed by atoms with van der Waals surface area (Å²) < 4.78 is 34.3. The van der Waals surface area contributed by atoms with Crippen molar-refractivity contribution in [1.29, 1.82) is 0 Å². The van der Waals surface area contributed by atoms with E-state index in [4.69, 9.17) is 4.74 Å². The van der Waals surface area contributed by atoms with Gasteiger partial charge in [-0.2, -0.15) is 4.31 Å². The average molecular weight is 350 g/mol. The van der Waals surface area contributed by atoms with Gasteiger partial charge in [-0.15, -0.1) is 0 Å². The normalized spacial score (nSPS) is 19.5. The molecule has 1 aliphatic heterocycles. The van der Waals surface area contributed by atoms with Crippen molar-refractivity contribution in [3.8, 4) is 0 Å². The summed E-state index contributed by atoms with van der Waals surface area (Å²) in [6.45, 7) is 2.30.